The van der Waals surface area contributed by atoms with Crippen LogP contribution in [0.4, 0.5) is 5.69 Å². The zero-order chi connectivity index (χ0) is 22.8. The van der Waals surface area contributed by atoms with Crippen molar-refractivity contribution in [1.82, 2.24) is 10.2 Å². The number of hydrogen-bond acceptors (Lipinski definition) is 6. The van der Waals surface area contributed by atoms with Gasteiger partial charge >= 0.3 is 0 Å². The lowest BCUT2D eigenvalue weighted by molar-refractivity contribution is -0.127. The van der Waals surface area contributed by atoms with Crippen LogP contribution in [-0.2, 0) is 4.79 Å². The van der Waals surface area contributed by atoms with Gasteiger partial charge in [-0.1, -0.05) is 17.7 Å². The van der Waals surface area contributed by atoms with E-state index >= 15 is 0 Å². The topological polar surface area (TPSA) is 74.3 Å². The second kappa shape index (κ2) is 9.79. The summed E-state index contributed by atoms with van der Waals surface area (Å²) in [7, 11) is 0. The molecule has 0 aliphatic carbocycles. The van der Waals surface area contributed by atoms with Gasteiger partial charge in [0.1, 0.15) is 19.3 Å². The first kappa shape index (κ1) is 22.3. The largest absolute Gasteiger partial charge is 0.486 e. The third-order valence-corrected chi connectivity index (χ3v) is 6.97. The Morgan fingerprint density at radius 1 is 1.06 bits per heavy atom. The van der Waals surface area contributed by atoms with Gasteiger partial charge in [0.15, 0.2) is 11.5 Å². The zero-order valence-corrected chi connectivity index (χ0v) is 19.3. The second-order valence-corrected chi connectivity index (χ2v) is 9.49. The molecule has 0 spiro atoms. The standard InChI is InChI=1S/C25H30ClN3O4/c26-19-4-6-20(7-5-19)29-14-18(15-29)25(31)27-21(16-28-9-1-2-10-28)24(30)17-3-8-22-23(13-17)33-12-11-32-22/h3-8,13,18,21,24,30H,1-2,9-12,14-16H2,(H,27,31)/t21-,24-/m1/s1. The SMILES string of the molecule is O=C(N[C@H](CN1CCCC1)[C@H](O)c1ccc2c(c1)OCCO2)C1CN(c2ccc(Cl)cc2)C1. The van der Waals surface area contributed by atoms with Crippen LogP contribution in [-0.4, -0.2) is 67.9 Å². The molecule has 2 atom stereocenters. The summed E-state index contributed by atoms with van der Waals surface area (Å²) in [6.07, 6.45) is 1.47. The lowest BCUT2D eigenvalue weighted by atomic mass is 9.96. The van der Waals surface area contributed by atoms with Crippen LogP contribution in [0, 0.1) is 5.92 Å². The maximum atomic E-state index is 13.1. The maximum absolute atomic E-state index is 13.1. The molecule has 0 radical (unpaired) electrons. The average Bonchev–Trinajstić information content (AvgIpc) is 3.31. The Labute approximate surface area is 199 Å². The Bertz CT molecular complexity index is 974. The first-order valence-electron chi connectivity index (χ1n) is 11.7. The molecule has 2 aromatic carbocycles. The fourth-order valence-corrected chi connectivity index (χ4v) is 4.88. The zero-order valence-electron chi connectivity index (χ0n) is 18.6. The summed E-state index contributed by atoms with van der Waals surface area (Å²) in [5.41, 5.74) is 1.79. The average molecular weight is 472 g/mol. The highest BCUT2D eigenvalue weighted by atomic mass is 35.5. The first-order valence-corrected chi connectivity index (χ1v) is 12.1. The number of rotatable bonds is 7. The molecule has 2 fully saturated rings. The minimum atomic E-state index is -0.835. The van der Waals surface area contributed by atoms with Crippen LogP contribution >= 0.6 is 11.6 Å². The number of carbonyl (C=O) groups is 1. The maximum Gasteiger partial charge on any atom is 0.227 e. The minimum absolute atomic E-state index is 0.0130. The van der Waals surface area contributed by atoms with Crippen molar-refractivity contribution in [2.45, 2.75) is 25.0 Å². The number of benzene rings is 2. The number of fused-ring (bicyclic) bond motifs is 1. The van der Waals surface area contributed by atoms with Crippen LogP contribution in [0.5, 0.6) is 11.5 Å². The van der Waals surface area contributed by atoms with Crippen molar-refractivity contribution < 1.29 is 19.4 Å². The number of aliphatic hydroxyl groups is 1. The molecule has 0 bridgehead atoms. The Balaban J connectivity index is 1.25. The van der Waals surface area contributed by atoms with Crippen LogP contribution in [0.25, 0.3) is 0 Å². The minimum Gasteiger partial charge on any atom is -0.486 e. The third kappa shape index (κ3) is 5.05. The molecule has 3 aliphatic heterocycles. The molecule has 2 N–H and O–H groups in total. The summed E-state index contributed by atoms with van der Waals surface area (Å²) in [4.78, 5) is 17.5. The normalized spacial score (nSPS) is 20.2. The van der Waals surface area contributed by atoms with E-state index in [9.17, 15) is 9.90 Å². The lowest BCUT2D eigenvalue weighted by Gasteiger charge is -2.41. The predicted octanol–water partition coefficient (Wildman–Crippen LogP) is 2.86. The van der Waals surface area contributed by atoms with Crippen molar-refractivity contribution >= 4 is 23.2 Å². The fourth-order valence-electron chi connectivity index (χ4n) is 4.75. The van der Waals surface area contributed by atoms with Gasteiger partial charge in [-0.05, 0) is 67.9 Å². The molecule has 2 saturated heterocycles. The summed E-state index contributed by atoms with van der Waals surface area (Å²) < 4.78 is 11.3. The predicted molar refractivity (Wildman–Crippen MR) is 127 cm³/mol. The molecule has 3 heterocycles. The van der Waals surface area contributed by atoms with E-state index in [1.807, 2.05) is 42.5 Å². The smallest absolute Gasteiger partial charge is 0.227 e. The quantitative estimate of drug-likeness (QED) is 0.647. The monoisotopic (exact) mass is 471 g/mol. The number of likely N-dealkylation sites (tertiary alicyclic amines) is 1. The van der Waals surface area contributed by atoms with Crippen molar-refractivity contribution in [3.8, 4) is 11.5 Å². The van der Waals surface area contributed by atoms with E-state index in [-0.39, 0.29) is 11.8 Å². The van der Waals surface area contributed by atoms with E-state index < -0.39 is 12.1 Å². The summed E-state index contributed by atoms with van der Waals surface area (Å²) in [5, 5.41) is 15.1. The Morgan fingerprint density at radius 2 is 1.76 bits per heavy atom. The van der Waals surface area contributed by atoms with E-state index in [2.05, 4.69) is 15.1 Å². The van der Waals surface area contributed by atoms with Crippen LogP contribution in [0.2, 0.25) is 5.02 Å². The van der Waals surface area contributed by atoms with Crippen LogP contribution in [0.3, 0.4) is 0 Å². The Hall–Kier alpha value is -2.48. The fraction of sp³-hybridized carbons (Fsp3) is 0.480. The molecule has 176 valence electrons. The number of halogens is 1. The highest BCUT2D eigenvalue weighted by molar-refractivity contribution is 6.30. The second-order valence-electron chi connectivity index (χ2n) is 9.05. The molecule has 33 heavy (non-hydrogen) atoms. The molecule has 2 aromatic rings. The molecule has 7 nitrogen and oxygen atoms in total. The molecule has 8 heteroatoms. The van der Waals surface area contributed by atoms with Crippen molar-refractivity contribution in [3.05, 3.63) is 53.1 Å². The third-order valence-electron chi connectivity index (χ3n) is 6.71. The molecule has 0 saturated carbocycles. The van der Waals surface area contributed by atoms with Crippen LogP contribution in [0.15, 0.2) is 42.5 Å². The first-order chi connectivity index (χ1) is 16.1. The molecule has 3 aliphatic rings. The summed E-state index contributed by atoms with van der Waals surface area (Å²) in [5.74, 6) is 1.21. The number of amides is 1. The van der Waals surface area contributed by atoms with E-state index in [1.54, 1.807) is 0 Å². The van der Waals surface area contributed by atoms with E-state index in [1.165, 1.54) is 0 Å². The molecule has 0 unspecified atom stereocenters. The van der Waals surface area contributed by atoms with Gasteiger partial charge in [0, 0.05) is 30.3 Å². The van der Waals surface area contributed by atoms with Gasteiger partial charge in [0.25, 0.3) is 0 Å². The van der Waals surface area contributed by atoms with Crippen molar-refractivity contribution in [2.24, 2.45) is 5.92 Å². The van der Waals surface area contributed by atoms with Gasteiger partial charge in [-0.25, -0.2) is 0 Å². The van der Waals surface area contributed by atoms with Crippen molar-refractivity contribution in [1.29, 1.82) is 0 Å². The van der Waals surface area contributed by atoms with Gasteiger partial charge in [-0.2, -0.15) is 0 Å². The van der Waals surface area contributed by atoms with Crippen molar-refractivity contribution in [3.63, 3.8) is 0 Å². The molecule has 1 amide bonds. The van der Waals surface area contributed by atoms with Gasteiger partial charge in [0.2, 0.25) is 5.91 Å². The van der Waals surface area contributed by atoms with Gasteiger partial charge in [0.05, 0.1) is 12.0 Å². The molecular weight excluding hydrogens is 442 g/mol. The molecule has 0 aromatic heterocycles. The lowest BCUT2D eigenvalue weighted by Crippen LogP contribution is -2.57. The van der Waals surface area contributed by atoms with Crippen molar-refractivity contribution in [2.75, 3.05) is 50.8 Å². The molecular formula is C25H30ClN3O4. The Kier molecular flexibility index (Phi) is 6.62. The summed E-state index contributed by atoms with van der Waals surface area (Å²) in [6, 6.07) is 12.8. The van der Waals surface area contributed by atoms with Gasteiger partial charge in [-0.15, -0.1) is 0 Å². The number of hydrogen-bond donors (Lipinski definition) is 2. The number of nitrogens with zero attached hydrogens (tertiary/aromatic N) is 2. The summed E-state index contributed by atoms with van der Waals surface area (Å²) in [6.45, 7) is 4.94. The van der Waals surface area contributed by atoms with Gasteiger partial charge < -0.3 is 29.7 Å². The number of nitrogens with one attached hydrogen (secondary N) is 1. The van der Waals surface area contributed by atoms with Gasteiger partial charge in [-0.3, -0.25) is 4.79 Å². The summed E-state index contributed by atoms with van der Waals surface area (Å²) >= 11 is 5.98. The highest BCUT2D eigenvalue weighted by Crippen LogP contribution is 2.34. The number of aliphatic hydroxyl groups excluding tert-OH is 1. The number of carbonyl (C=O) groups excluding carboxylic acids is 1. The molecule has 5 rings (SSSR count). The Morgan fingerprint density at radius 3 is 2.48 bits per heavy atom. The highest BCUT2D eigenvalue weighted by Gasteiger charge is 2.36. The van der Waals surface area contributed by atoms with E-state index in [0.717, 1.165) is 37.2 Å². The number of ether oxygens (including phenoxy) is 2. The number of anilines is 1. The van der Waals surface area contributed by atoms with E-state index in [0.29, 0.717) is 49.4 Å². The van der Waals surface area contributed by atoms with Crippen LogP contribution < -0.4 is 19.7 Å². The van der Waals surface area contributed by atoms with E-state index in [4.69, 9.17) is 21.1 Å². The van der Waals surface area contributed by atoms with Crippen LogP contribution in [0.1, 0.15) is 24.5 Å².